The minimum atomic E-state index is 0.405. The zero-order valence-electron chi connectivity index (χ0n) is 8.10. The van der Waals surface area contributed by atoms with E-state index in [1.54, 1.807) is 4.68 Å². The van der Waals surface area contributed by atoms with Gasteiger partial charge < -0.3 is 5.73 Å². The van der Waals surface area contributed by atoms with E-state index in [0.29, 0.717) is 13.1 Å². The fraction of sp³-hybridized carbons (Fsp3) is 0.200. The molecular formula is C10H11ClN4. The van der Waals surface area contributed by atoms with Gasteiger partial charge in [0, 0.05) is 11.6 Å². The molecule has 1 heterocycles. The molecule has 2 N–H and O–H groups in total. The lowest BCUT2D eigenvalue weighted by molar-refractivity contribution is 0.649. The first-order valence-electron chi connectivity index (χ1n) is 4.62. The molecule has 0 saturated heterocycles. The van der Waals surface area contributed by atoms with Crippen molar-refractivity contribution in [3.05, 3.63) is 46.7 Å². The summed E-state index contributed by atoms with van der Waals surface area (Å²) < 4.78 is 1.73. The molecular weight excluding hydrogens is 212 g/mol. The molecule has 0 aliphatic heterocycles. The average Bonchev–Trinajstić information content (AvgIpc) is 2.69. The summed E-state index contributed by atoms with van der Waals surface area (Å²) in [7, 11) is 0. The Bertz CT molecular complexity index is 452. The van der Waals surface area contributed by atoms with Crippen LogP contribution in [0.1, 0.15) is 11.3 Å². The van der Waals surface area contributed by atoms with Crippen LogP contribution in [-0.2, 0) is 13.1 Å². The van der Waals surface area contributed by atoms with Crippen LogP contribution in [0.25, 0.3) is 0 Å². The fourth-order valence-corrected chi connectivity index (χ4v) is 1.51. The number of halogens is 1. The predicted octanol–water partition coefficient (Wildman–Crippen LogP) is 1.44. The number of hydrogen-bond donors (Lipinski definition) is 1. The molecule has 1 aromatic carbocycles. The number of nitrogens with zero attached hydrogens (tertiary/aromatic N) is 3. The quantitative estimate of drug-likeness (QED) is 0.855. The van der Waals surface area contributed by atoms with Crippen molar-refractivity contribution in [3.63, 3.8) is 0 Å². The van der Waals surface area contributed by atoms with Gasteiger partial charge in [0.15, 0.2) is 0 Å². The maximum absolute atomic E-state index is 6.03. The van der Waals surface area contributed by atoms with E-state index in [1.807, 2.05) is 30.5 Å². The Morgan fingerprint density at radius 1 is 1.33 bits per heavy atom. The van der Waals surface area contributed by atoms with E-state index < -0.39 is 0 Å². The Balaban J connectivity index is 2.18. The minimum Gasteiger partial charge on any atom is -0.325 e. The van der Waals surface area contributed by atoms with Crippen LogP contribution < -0.4 is 5.73 Å². The summed E-state index contributed by atoms with van der Waals surface area (Å²) in [6, 6.07) is 7.67. The molecule has 2 rings (SSSR count). The fourth-order valence-electron chi connectivity index (χ4n) is 1.31. The van der Waals surface area contributed by atoms with Crippen molar-refractivity contribution in [2.45, 2.75) is 13.1 Å². The lowest BCUT2D eigenvalue weighted by Crippen LogP contribution is -2.01. The summed E-state index contributed by atoms with van der Waals surface area (Å²) in [6.45, 7) is 1.02. The van der Waals surface area contributed by atoms with Gasteiger partial charge >= 0.3 is 0 Å². The van der Waals surface area contributed by atoms with Crippen molar-refractivity contribution in [1.82, 2.24) is 15.0 Å². The third-order valence-electron chi connectivity index (χ3n) is 2.09. The van der Waals surface area contributed by atoms with Gasteiger partial charge in [-0.25, -0.2) is 4.68 Å². The molecule has 78 valence electrons. The molecule has 0 unspecified atom stereocenters. The van der Waals surface area contributed by atoms with Gasteiger partial charge in [0.05, 0.1) is 18.4 Å². The smallest absolute Gasteiger partial charge is 0.0962 e. The zero-order chi connectivity index (χ0) is 10.7. The van der Waals surface area contributed by atoms with Gasteiger partial charge in [0.2, 0.25) is 0 Å². The summed E-state index contributed by atoms with van der Waals surface area (Å²) in [5, 5.41) is 8.60. The third-order valence-corrected chi connectivity index (χ3v) is 2.45. The molecule has 15 heavy (non-hydrogen) atoms. The highest BCUT2D eigenvalue weighted by Crippen LogP contribution is 2.15. The Hall–Kier alpha value is -1.39. The summed E-state index contributed by atoms with van der Waals surface area (Å²) in [6.07, 6.45) is 1.82. The standard InChI is InChI=1S/C10H11ClN4/c11-10-4-2-1-3-8(10)6-15-7-9(5-12)13-14-15/h1-4,7H,5-6,12H2. The van der Waals surface area contributed by atoms with Crippen molar-refractivity contribution in [2.75, 3.05) is 0 Å². The lowest BCUT2D eigenvalue weighted by atomic mass is 10.2. The summed E-state index contributed by atoms with van der Waals surface area (Å²) >= 11 is 6.03. The molecule has 4 nitrogen and oxygen atoms in total. The second-order valence-electron chi connectivity index (χ2n) is 3.20. The molecule has 0 spiro atoms. The number of benzene rings is 1. The first kappa shape index (κ1) is 10.1. The van der Waals surface area contributed by atoms with Gasteiger partial charge in [-0.1, -0.05) is 35.0 Å². The predicted molar refractivity (Wildman–Crippen MR) is 58.5 cm³/mol. The monoisotopic (exact) mass is 222 g/mol. The van der Waals surface area contributed by atoms with Crippen LogP contribution in [0.15, 0.2) is 30.5 Å². The number of nitrogens with two attached hydrogens (primary N) is 1. The molecule has 0 saturated carbocycles. The topological polar surface area (TPSA) is 56.7 Å². The van der Waals surface area contributed by atoms with E-state index in [0.717, 1.165) is 16.3 Å². The molecule has 0 aliphatic rings. The first-order chi connectivity index (χ1) is 7.29. The highest BCUT2D eigenvalue weighted by molar-refractivity contribution is 6.31. The van der Waals surface area contributed by atoms with Gasteiger partial charge in [-0.15, -0.1) is 5.10 Å². The number of hydrogen-bond acceptors (Lipinski definition) is 3. The number of rotatable bonds is 3. The van der Waals surface area contributed by atoms with Crippen molar-refractivity contribution >= 4 is 11.6 Å². The second-order valence-corrected chi connectivity index (χ2v) is 3.61. The molecule has 0 aliphatic carbocycles. The minimum absolute atomic E-state index is 0.405. The SMILES string of the molecule is NCc1cn(Cc2ccccc2Cl)nn1. The summed E-state index contributed by atoms with van der Waals surface area (Å²) in [5.41, 5.74) is 7.25. The van der Waals surface area contributed by atoms with Gasteiger partial charge in [-0.2, -0.15) is 0 Å². The Kier molecular flexibility index (Phi) is 2.99. The van der Waals surface area contributed by atoms with Crippen LogP contribution in [0, 0.1) is 0 Å². The normalized spacial score (nSPS) is 10.5. The largest absolute Gasteiger partial charge is 0.325 e. The average molecular weight is 223 g/mol. The van der Waals surface area contributed by atoms with E-state index in [2.05, 4.69) is 10.3 Å². The van der Waals surface area contributed by atoms with E-state index in [-0.39, 0.29) is 0 Å². The van der Waals surface area contributed by atoms with Crippen LogP contribution in [0.4, 0.5) is 0 Å². The van der Waals surface area contributed by atoms with Gasteiger partial charge in [-0.3, -0.25) is 0 Å². The lowest BCUT2D eigenvalue weighted by Gasteiger charge is -2.02. The number of aromatic nitrogens is 3. The Morgan fingerprint density at radius 2 is 2.13 bits per heavy atom. The Morgan fingerprint density at radius 3 is 2.80 bits per heavy atom. The molecule has 5 heteroatoms. The van der Waals surface area contributed by atoms with Gasteiger partial charge in [0.1, 0.15) is 0 Å². The second kappa shape index (κ2) is 4.42. The molecule has 0 fully saturated rings. The molecule has 0 bridgehead atoms. The molecule has 1 aromatic heterocycles. The molecule has 0 amide bonds. The molecule has 0 atom stereocenters. The van der Waals surface area contributed by atoms with E-state index >= 15 is 0 Å². The first-order valence-corrected chi connectivity index (χ1v) is 5.00. The van der Waals surface area contributed by atoms with E-state index in [9.17, 15) is 0 Å². The van der Waals surface area contributed by atoms with Crippen LogP contribution in [0.5, 0.6) is 0 Å². The van der Waals surface area contributed by atoms with Crippen molar-refractivity contribution in [2.24, 2.45) is 5.73 Å². The summed E-state index contributed by atoms with van der Waals surface area (Å²) in [5.74, 6) is 0. The highest BCUT2D eigenvalue weighted by atomic mass is 35.5. The van der Waals surface area contributed by atoms with E-state index in [4.69, 9.17) is 17.3 Å². The van der Waals surface area contributed by atoms with Crippen molar-refractivity contribution in [1.29, 1.82) is 0 Å². The van der Waals surface area contributed by atoms with Crippen molar-refractivity contribution in [3.8, 4) is 0 Å². The van der Waals surface area contributed by atoms with Gasteiger partial charge in [0.25, 0.3) is 0 Å². The Labute approximate surface area is 92.7 Å². The van der Waals surface area contributed by atoms with Crippen molar-refractivity contribution < 1.29 is 0 Å². The maximum Gasteiger partial charge on any atom is 0.0962 e. The van der Waals surface area contributed by atoms with Crippen LogP contribution in [0.3, 0.4) is 0 Å². The van der Waals surface area contributed by atoms with Crippen LogP contribution in [-0.4, -0.2) is 15.0 Å². The zero-order valence-corrected chi connectivity index (χ0v) is 8.85. The summed E-state index contributed by atoms with van der Waals surface area (Å²) in [4.78, 5) is 0. The molecule has 0 radical (unpaired) electrons. The van der Waals surface area contributed by atoms with Gasteiger partial charge in [-0.05, 0) is 11.6 Å². The third kappa shape index (κ3) is 2.34. The van der Waals surface area contributed by atoms with Crippen LogP contribution in [0.2, 0.25) is 5.02 Å². The maximum atomic E-state index is 6.03. The highest BCUT2D eigenvalue weighted by Gasteiger charge is 2.02. The molecule has 2 aromatic rings. The van der Waals surface area contributed by atoms with E-state index in [1.165, 1.54) is 0 Å². The van der Waals surface area contributed by atoms with Crippen LogP contribution >= 0.6 is 11.6 Å².